The third-order valence-electron chi connectivity index (χ3n) is 3.27. The van der Waals surface area contributed by atoms with Crippen molar-refractivity contribution >= 4 is 21.9 Å². The van der Waals surface area contributed by atoms with E-state index < -0.39 is 0 Å². The average Bonchev–Trinajstić information content (AvgIpc) is 2.76. The van der Waals surface area contributed by atoms with E-state index in [1.54, 1.807) is 31.1 Å². The molecule has 0 aliphatic carbocycles. The van der Waals surface area contributed by atoms with Crippen molar-refractivity contribution in [2.45, 2.75) is 0 Å². The Labute approximate surface area is 150 Å². The molecule has 0 bridgehead atoms. The summed E-state index contributed by atoms with van der Waals surface area (Å²) in [6.45, 7) is 0. The lowest BCUT2D eigenvalue weighted by Crippen LogP contribution is -1.78. The Bertz CT molecular complexity index is 824. The molecule has 0 saturated carbocycles. The van der Waals surface area contributed by atoms with Gasteiger partial charge in [0.15, 0.2) is 0 Å². The normalized spacial score (nSPS) is 9.54. The Kier molecular flexibility index (Phi) is 6.22. The number of rotatable bonds is 0. The first-order valence-electron chi connectivity index (χ1n) is 7.95. The summed E-state index contributed by atoms with van der Waals surface area (Å²) >= 11 is 0. The average molecular weight is 340 g/mol. The molecule has 26 heavy (non-hydrogen) atoms. The van der Waals surface area contributed by atoms with Crippen LogP contribution in [0.15, 0.2) is 98.0 Å². The molecule has 3 aromatic heterocycles. The molecule has 3 heterocycles. The molecule has 0 atom stereocenters. The molecule has 0 amide bonds. The van der Waals surface area contributed by atoms with Gasteiger partial charge in [0.2, 0.25) is 0 Å². The molecule has 0 spiro atoms. The number of fused-ring (bicyclic) bond motifs is 2. The van der Waals surface area contributed by atoms with Gasteiger partial charge in [0.1, 0.15) is 6.33 Å². The molecule has 2 aromatic carbocycles. The smallest absolute Gasteiger partial charge is 0.116 e. The van der Waals surface area contributed by atoms with Crippen molar-refractivity contribution in [1.82, 2.24) is 30.1 Å². The maximum Gasteiger partial charge on any atom is 0.116 e. The van der Waals surface area contributed by atoms with Crippen LogP contribution in [0.2, 0.25) is 0 Å². The van der Waals surface area contributed by atoms with Gasteiger partial charge in [0.25, 0.3) is 0 Å². The molecule has 0 unspecified atom stereocenters. The van der Waals surface area contributed by atoms with Crippen molar-refractivity contribution in [3.63, 3.8) is 0 Å². The Balaban J connectivity index is 0.000000117. The van der Waals surface area contributed by atoms with E-state index in [1.807, 2.05) is 66.9 Å². The van der Waals surface area contributed by atoms with Crippen LogP contribution in [0.25, 0.3) is 21.9 Å². The standard InChI is InChI=1S/2C8H6N2.C4H4N2/c1-2-4-8-7(3-1)5-9-6-10-8;1-2-4-8-7(3-1)9-5-6-10-8;1-2-4-6-5-3-1/h2*1-6H;1-4H. The largest absolute Gasteiger partial charge is 0.253 e. The molecule has 0 fully saturated rings. The highest BCUT2D eigenvalue weighted by atomic mass is 15.1. The predicted octanol–water partition coefficient (Wildman–Crippen LogP) is 3.74. The van der Waals surface area contributed by atoms with Crippen LogP contribution in [0.3, 0.4) is 0 Å². The molecule has 6 heteroatoms. The number of hydrogen-bond acceptors (Lipinski definition) is 6. The second-order valence-corrected chi connectivity index (χ2v) is 5.04. The highest BCUT2D eigenvalue weighted by molar-refractivity contribution is 5.76. The molecule has 126 valence electrons. The van der Waals surface area contributed by atoms with Crippen LogP contribution < -0.4 is 0 Å². The van der Waals surface area contributed by atoms with E-state index in [1.165, 1.54) is 0 Å². The van der Waals surface area contributed by atoms with E-state index in [9.17, 15) is 0 Å². The lowest BCUT2D eigenvalue weighted by molar-refractivity contribution is 1.03. The topological polar surface area (TPSA) is 77.3 Å². The minimum absolute atomic E-state index is 0.949. The van der Waals surface area contributed by atoms with E-state index in [2.05, 4.69) is 30.1 Å². The lowest BCUT2D eigenvalue weighted by atomic mass is 10.2. The van der Waals surface area contributed by atoms with Crippen LogP contribution >= 0.6 is 0 Å². The maximum absolute atomic E-state index is 4.12. The highest BCUT2D eigenvalue weighted by Crippen LogP contribution is 2.06. The van der Waals surface area contributed by atoms with Gasteiger partial charge in [-0.2, -0.15) is 10.2 Å². The number of nitrogens with zero attached hydrogens (tertiary/aromatic N) is 6. The summed E-state index contributed by atoms with van der Waals surface area (Å²) in [6, 6.07) is 19.4. The van der Waals surface area contributed by atoms with Crippen LogP contribution in [0.4, 0.5) is 0 Å². The van der Waals surface area contributed by atoms with Gasteiger partial charge in [0, 0.05) is 36.4 Å². The number of hydrogen-bond donors (Lipinski definition) is 0. The van der Waals surface area contributed by atoms with Gasteiger partial charge in [-0.05, 0) is 30.3 Å². The quantitative estimate of drug-likeness (QED) is 0.427. The van der Waals surface area contributed by atoms with E-state index in [4.69, 9.17) is 0 Å². The fourth-order valence-electron chi connectivity index (χ4n) is 2.09. The Hall–Kier alpha value is -3.80. The van der Waals surface area contributed by atoms with Gasteiger partial charge in [-0.3, -0.25) is 9.97 Å². The second kappa shape index (κ2) is 9.48. The van der Waals surface area contributed by atoms with E-state index in [0.717, 1.165) is 21.9 Å². The number of para-hydroxylation sites is 3. The maximum atomic E-state index is 4.12. The van der Waals surface area contributed by atoms with Crippen molar-refractivity contribution in [1.29, 1.82) is 0 Å². The van der Waals surface area contributed by atoms with Gasteiger partial charge in [0.05, 0.1) is 16.6 Å². The Morgan fingerprint density at radius 2 is 1.08 bits per heavy atom. The molecule has 0 radical (unpaired) electrons. The first kappa shape index (κ1) is 17.0. The second-order valence-electron chi connectivity index (χ2n) is 5.04. The van der Waals surface area contributed by atoms with Crippen LogP contribution in [0.5, 0.6) is 0 Å². The molecule has 5 aromatic rings. The summed E-state index contributed by atoms with van der Waals surface area (Å²) in [7, 11) is 0. The summed E-state index contributed by atoms with van der Waals surface area (Å²) in [6.07, 6.45) is 10.0. The Morgan fingerprint density at radius 3 is 1.62 bits per heavy atom. The summed E-state index contributed by atoms with van der Waals surface area (Å²) in [4.78, 5) is 16.2. The van der Waals surface area contributed by atoms with Crippen molar-refractivity contribution in [3.05, 3.63) is 98.0 Å². The van der Waals surface area contributed by atoms with E-state index >= 15 is 0 Å². The van der Waals surface area contributed by atoms with E-state index in [-0.39, 0.29) is 0 Å². The summed E-state index contributed by atoms with van der Waals surface area (Å²) in [5.41, 5.74) is 2.90. The minimum Gasteiger partial charge on any atom is -0.253 e. The predicted molar refractivity (Wildman–Crippen MR) is 101 cm³/mol. The molecule has 0 aliphatic rings. The van der Waals surface area contributed by atoms with Crippen molar-refractivity contribution < 1.29 is 0 Å². The molecular weight excluding hydrogens is 324 g/mol. The van der Waals surface area contributed by atoms with Crippen LogP contribution in [-0.4, -0.2) is 30.1 Å². The first-order valence-corrected chi connectivity index (χ1v) is 7.95. The van der Waals surface area contributed by atoms with Crippen molar-refractivity contribution in [3.8, 4) is 0 Å². The van der Waals surface area contributed by atoms with Crippen molar-refractivity contribution in [2.24, 2.45) is 0 Å². The van der Waals surface area contributed by atoms with Crippen LogP contribution in [0, 0.1) is 0 Å². The van der Waals surface area contributed by atoms with Crippen LogP contribution in [-0.2, 0) is 0 Å². The number of aromatic nitrogens is 6. The monoisotopic (exact) mass is 340 g/mol. The van der Waals surface area contributed by atoms with Gasteiger partial charge in [-0.25, -0.2) is 9.97 Å². The zero-order valence-electron chi connectivity index (χ0n) is 13.9. The van der Waals surface area contributed by atoms with Gasteiger partial charge < -0.3 is 0 Å². The van der Waals surface area contributed by atoms with Gasteiger partial charge in [-0.15, -0.1) is 0 Å². The SMILES string of the molecule is c1ccc2nccnc2c1.c1ccc2ncncc2c1.c1ccnnc1. The fourth-order valence-corrected chi connectivity index (χ4v) is 2.09. The summed E-state index contributed by atoms with van der Waals surface area (Å²) < 4.78 is 0. The fraction of sp³-hybridized carbons (Fsp3) is 0. The third kappa shape index (κ3) is 5.10. The minimum atomic E-state index is 0.949. The lowest BCUT2D eigenvalue weighted by Gasteiger charge is -1.90. The summed E-state index contributed by atoms with van der Waals surface area (Å²) in [5.74, 6) is 0. The molecule has 0 aliphatic heterocycles. The van der Waals surface area contributed by atoms with Crippen LogP contribution in [0.1, 0.15) is 0 Å². The van der Waals surface area contributed by atoms with E-state index in [0.29, 0.717) is 0 Å². The third-order valence-corrected chi connectivity index (χ3v) is 3.27. The highest BCUT2D eigenvalue weighted by Gasteiger charge is 1.88. The molecule has 0 saturated heterocycles. The van der Waals surface area contributed by atoms with Gasteiger partial charge >= 0.3 is 0 Å². The molecule has 5 rings (SSSR count). The molecular formula is C20H16N6. The first-order chi connectivity index (χ1) is 12.9. The molecule has 0 N–H and O–H groups in total. The summed E-state index contributed by atoms with van der Waals surface area (Å²) in [5, 5.41) is 8.16. The molecule has 6 nitrogen and oxygen atoms in total. The zero-order chi connectivity index (χ0) is 17.9. The Morgan fingerprint density at radius 1 is 0.500 bits per heavy atom. The number of benzene rings is 2. The van der Waals surface area contributed by atoms with Gasteiger partial charge in [-0.1, -0.05) is 30.3 Å². The zero-order valence-corrected chi connectivity index (χ0v) is 13.9. The van der Waals surface area contributed by atoms with Crippen molar-refractivity contribution in [2.75, 3.05) is 0 Å².